The van der Waals surface area contributed by atoms with E-state index >= 15 is 0 Å². The molecule has 0 spiro atoms. The Kier molecular flexibility index (Phi) is 3.12. The number of fused-ring (bicyclic) bond motifs is 1. The lowest BCUT2D eigenvalue weighted by molar-refractivity contribution is 0.415. The summed E-state index contributed by atoms with van der Waals surface area (Å²) < 4.78 is 5.22. The van der Waals surface area contributed by atoms with E-state index in [0.29, 0.717) is 5.15 Å². The van der Waals surface area contributed by atoms with Crippen LogP contribution in [0.3, 0.4) is 0 Å². The molecular weight excluding hydrogens is 280 g/mol. The van der Waals surface area contributed by atoms with Crippen molar-refractivity contribution in [2.75, 3.05) is 7.11 Å². The van der Waals surface area contributed by atoms with Gasteiger partial charge in [-0.25, -0.2) is 0 Å². The molecule has 3 rings (SSSR count). The maximum atomic E-state index is 6.12. The Bertz CT molecular complexity index is 754. The van der Waals surface area contributed by atoms with Crippen molar-refractivity contribution < 1.29 is 4.74 Å². The quantitative estimate of drug-likeness (QED) is 0.704. The molecule has 0 radical (unpaired) electrons. The number of ether oxygens (including phenoxy) is 1. The number of aryl methyl sites for hydroxylation is 1. The zero-order chi connectivity index (χ0) is 13.4. The molecule has 0 atom stereocenters. The van der Waals surface area contributed by atoms with Crippen molar-refractivity contribution in [3.63, 3.8) is 0 Å². The van der Waals surface area contributed by atoms with Crippen molar-refractivity contribution in [1.29, 1.82) is 0 Å². The maximum absolute atomic E-state index is 6.12. The molecule has 0 aliphatic rings. The van der Waals surface area contributed by atoms with Crippen molar-refractivity contribution in [3.8, 4) is 16.3 Å². The second-order valence-electron chi connectivity index (χ2n) is 4.16. The van der Waals surface area contributed by atoms with Gasteiger partial charge in [-0.2, -0.15) is 0 Å². The van der Waals surface area contributed by atoms with Gasteiger partial charge in [0.15, 0.2) is 5.15 Å². The molecule has 19 heavy (non-hydrogen) atoms. The minimum absolute atomic E-state index is 0.394. The largest absolute Gasteiger partial charge is 0.497 e. The van der Waals surface area contributed by atoms with Crippen LogP contribution in [0.15, 0.2) is 30.3 Å². The van der Waals surface area contributed by atoms with E-state index in [1.807, 2.05) is 18.2 Å². The van der Waals surface area contributed by atoms with Crippen molar-refractivity contribution in [1.82, 2.24) is 10.2 Å². The van der Waals surface area contributed by atoms with E-state index in [1.165, 1.54) is 4.88 Å². The third-order valence-corrected chi connectivity index (χ3v) is 4.20. The summed E-state index contributed by atoms with van der Waals surface area (Å²) in [4.78, 5) is 2.34. The molecule has 0 unspecified atom stereocenters. The monoisotopic (exact) mass is 290 g/mol. The predicted octanol–water partition coefficient (Wildman–Crippen LogP) is 4.33. The summed E-state index contributed by atoms with van der Waals surface area (Å²) in [5, 5.41) is 10.5. The first kappa shape index (κ1) is 12.4. The molecule has 0 amide bonds. The van der Waals surface area contributed by atoms with E-state index < -0.39 is 0 Å². The molecule has 1 aromatic carbocycles. The van der Waals surface area contributed by atoms with Crippen LogP contribution in [0.5, 0.6) is 5.75 Å². The summed E-state index contributed by atoms with van der Waals surface area (Å²) in [5.41, 5.74) is 0.861. The van der Waals surface area contributed by atoms with E-state index in [1.54, 1.807) is 18.4 Å². The van der Waals surface area contributed by atoms with Crippen LogP contribution >= 0.6 is 22.9 Å². The highest BCUT2D eigenvalue weighted by Gasteiger charge is 2.12. The van der Waals surface area contributed by atoms with Gasteiger partial charge in [-0.3, -0.25) is 0 Å². The molecule has 2 heterocycles. The SMILES string of the molecule is COc1ccc2c(-c3ccc(C)s3)nnc(Cl)c2c1. The van der Waals surface area contributed by atoms with Gasteiger partial charge in [0.25, 0.3) is 0 Å². The Balaban J connectivity index is 2.29. The Morgan fingerprint density at radius 3 is 2.63 bits per heavy atom. The molecule has 96 valence electrons. The summed E-state index contributed by atoms with van der Waals surface area (Å²) in [5.74, 6) is 0.760. The summed E-state index contributed by atoms with van der Waals surface area (Å²) >= 11 is 7.82. The van der Waals surface area contributed by atoms with Gasteiger partial charge in [0.05, 0.1) is 12.0 Å². The maximum Gasteiger partial charge on any atom is 0.159 e. The molecule has 0 saturated heterocycles. The summed E-state index contributed by atoms with van der Waals surface area (Å²) in [6, 6.07) is 9.90. The van der Waals surface area contributed by atoms with E-state index in [2.05, 4.69) is 29.3 Å². The Morgan fingerprint density at radius 1 is 1.11 bits per heavy atom. The highest BCUT2D eigenvalue weighted by atomic mass is 35.5. The molecule has 0 fully saturated rings. The number of benzene rings is 1. The van der Waals surface area contributed by atoms with Gasteiger partial charge in [-0.15, -0.1) is 21.5 Å². The number of nitrogens with zero attached hydrogens (tertiary/aromatic N) is 2. The van der Waals surface area contributed by atoms with Gasteiger partial charge in [0.1, 0.15) is 11.4 Å². The van der Waals surface area contributed by atoms with Gasteiger partial charge in [-0.05, 0) is 37.3 Å². The fraction of sp³-hybridized carbons (Fsp3) is 0.143. The van der Waals surface area contributed by atoms with Crippen LogP contribution in [0.25, 0.3) is 21.3 Å². The van der Waals surface area contributed by atoms with Crippen LogP contribution < -0.4 is 4.74 Å². The number of halogens is 1. The second-order valence-corrected chi connectivity index (χ2v) is 5.81. The summed E-state index contributed by atoms with van der Waals surface area (Å²) in [7, 11) is 1.63. The number of methoxy groups -OCH3 is 1. The zero-order valence-corrected chi connectivity index (χ0v) is 12.0. The molecule has 0 saturated carbocycles. The first-order valence-corrected chi connectivity index (χ1v) is 6.95. The Morgan fingerprint density at radius 2 is 1.95 bits per heavy atom. The van der Waals surface area contributed by atoms with Crippen LogP contribution in [-0.4, -0.2) is 17.3 Å². The fourth-order valence-electron chi connectivity index (χ4n) is 1.97. The smallest absolute Gasteiger partial charge is 0.159 e. The molecule has 0 aliphatic heterocycles. The molecule has 5 heteroatoms. The highest BCUT2D eigenvalue weighted by molar-refractivity contribution is 7.15. The minimum Gasteiger partial charge on any atom is -0.497 e. The number of hydrogen-bond acceptors (Lipinski definition) is 4. The standard InChI is InChI=1S/C14H11ClN2OS/c1-8-3-6-12(19-8)13-10-5-4-9(18-2)7-11(10)14(15)17-16-13/h3-7H,1-2H3. The first-order chi connectivity index (χ1) is 9.19. The second kappa shape index (κ2) is 4.79. The van der Waals surface area contributed by atoms with Crippen LogP contribution in [-0.2, 0) is 0 Å². The Labute approximate surface area is 119 Å². The summed E-state index contributed by atoms with van der Waals surface area (Å²) in [6.45, 7) is 2.07. The van der Waals surface area contributed by atoms with Crippen LogP contribution in [0.1, 0.15) is 4.88 Å². The van der Waals surface area contributed by atoms with Crippen LogP contribution in [0, 0.1) is 6.92 Å². The lowest BCUT2D eigenvalue weighted by atomic mass is 10.1. The molecule has 2 aromatic heterocycles. The van der Waals surface area contributed by atoms with Gasteiger partial charge in [0.2, 0.25) is 0 Å². The normalized spacial score (nSPS) is 10.9. The van der Waals surface area contributed by atoms with Crippen molar-refractivity contribution in [2.45, 2.75) is 6.92 Å². The van der Waals surface area contributed by atoms with Crippen LogP contribution in [0.2, 0.25) is 5.15 Å². The predicted molar refractivity (Wildman–Crippen MR) is 79.2 cm³/mol. The molecule has 3 aromatic rings. The van der Waals surface area contributed by atoms with Gasteiger partial charge >= 0.3 is 0 Å². The minimum atomic E-state index is 0.394. The molecule has 0 N–H and O–H groups in total. The third kappa shape index (κ3) is 2.17. The van der Waals surface area contributed by atoms with E-state index in [9.17, 15) is 0 Å². The van der Waals surface area contributed by atoms with E-state index in [4.69, 9.17) is 16.3 Å². The van der Waals surface area contributed by atoms with Crippen molar-refractivity contribution in [2.24, 2.45) is 0 Å². The molecular formula is C14H11ClN2OS. The highest BCUT2D eigenvalue weighted by Crippen LogP contribution is 2.34. The zero-order valence-electron chi connectivity index (χ0n) is 10.5. The van der Waals surface area contributed by atoms with Gasteiger partial charge < -0.3 is 4.74 Å². The lowest BCUT2D eigenvalue weighted by Crippen LogP contribution is -1.91. The third-order valence-electron chi connectivity index (χ3n) is 2.92. The van der Waals surface area contributed by atoms with Crippen LogP contribution in [0.4, 0.5) is 0 Å². The number of hydrogen-bond donors (Lipinski definition) is 0. The number of aromatic nitrogens is 2. The average molecular weight is 291 g/mol. The topological polar surface area (TPSA) is 35.0 Å². The van der Waals surface area contributed by atoms with Gasteiger partial charge in [0, 0.05) is 15.6 Å². The molecule has 0 bridgehead atoms. The van der Waals surface area contributed by atoms with Crippen molar-refractivity contribution in [3.05, 3.63) is 40.4 Å². The number of thiophene rings is 1. The summed E-state index contributed by atoms with van der Waals surface area (Å²) in [6.07, 6.45) is 0. The first-order valence-electron chi connectivity index (χ1n) is 5.76. The molecule has 3 nitrogen and oxygen atoms in total. The average Bonchev–Trinajstić information content (AvgIpc) is 2.85. The number of rotatable bonds is 2. The lowest BCUT2D eigenvalue weighted by Gasteiger charge is -2.06. The van der Waals surface area contributed by atoms with Crippen molar-refractivity contribution >= 4 is 33.7 Å². The molecule has 0 aliphatic carbocycles. The Hall–Kier alpha value is -1.65. The fourth-order valence-corrected chi connectivity index (χ4v) is 3.03. The van der Waals surface area contributed by atoms with E-state index in [-0.39, 0.29) is 0 Å². The van der Waals surface area contributed by atoms with E-state index in [0.717, 1.165) is 27.1 Å². The van der Waals surface area contributed by atoms with Gasteiger partial charge in [-0.1, -0.05) is 11.6 Å².